The molecule has 3 aromatic rings. The smallest absolute Gasteiger partial charge is 0.182 e. The molecule has 0 aliphatic heterocycles. The van der Waals surface area contributed by atoms with Crippen molar-refractivity contribution >= 4 is 11.0 Å². The first-order valence-electron chi connectivity index (χ1n) is 8.25. The van der Waals surface area contributed by atoms with Gasteiger partial charge in [0.25, 0.3) is 0 Å². The van der Waals surface area contributed by atoms with E-state index in [0.29, 0.717) is 12.4 Å². The van der Waals surface area contributed by atoms with E-state index in [1.165, 1.54) is 5.56 Å². The van der Waals surface area contributed by atoms with Gasteiger partial charge >= 0.3 is 0 Å². The number of aryl methyl sites for hydroxylation is 3. The summed E-state index contributed by atoms with van der Waals surface area (Å²) in [6, 6.07) is 7.99. The Hall–Kier alpha value is -2.56. The number of pyridine rings is 1. The fraction of sp³-hybridized carbons (Fsp3) is 0.368. The maximum atomic E-state index is 5.59. The Balaban J connectivity index is 2.12. The Bertz CT molecular complexity index is 884. The molecule has 126 valence electrons. The number of aromatic nitrogens is 3. The standard InChI is InChI=1S/C19H23N3O2/c1-6-22-13(4)18-12(3)10-15(20-19(18)21-22)14-8-9-16(24-7-2)17(11-14)23-5/h8-11H,6-7H2,1-5H3. The van der Waals surface area contributed by atoms with Gasteiger partial charge in [-0.3, -0.25) is 4.68 Å². The molecular weight excluding hydrogens is 302 g/mol. The van der Waals surface area contributed by atoms with Crippen LogP contribution in [0.1, 0.15) is 25.1 Å². The third kappa shape index (κ3) is 2.70. The minimum absolute atomic E-state index is 0.604. The van der Waals surface area contributed by atoms with Gasteiger partial charge in [0, 0.05) is 23.2 Å². The fourth-order valence-electron chi connectivity index (χ4n) is 3.05. The van der Waals surface area contributed by atoms with Crippen molar-refractivity contribution in [2.45, 2.75) is 34.2 Å². The lowest BCUT2D eigenvalue weighted by molar-refractivity contribution is 0.311. The van der Waals surface area contributed by atoms with E-state index in [0.717, 1.165) is 40.3 Å². The van der Waals surface area contributed by atoms with Crippen molar-refractivity contribution in [3.63, 3.8) is 0 Å². The molecule has 0 atom stereocenters. The van der Waals surface area contributed by atoms with Crippen molar-refractivity contribution in [1.29, 1.82) is 0 Å². The number of hydrogen-bond donors (Lipinski definition) is 0. The number of hydrogen-bond acceptors (Lipinski definition) is 4. The van der Waals surface area contributed by atoms with Gasteiger partial charge in [-0.15, -0.1) is 0 Å². The lowest BCUT2D eigenvalue weighted by Crippen LogP contribution is -1.98. The van der Waals surface area contributed by atoms with Crippen molar-refractivity contribution in [3.8, 4) is 22.8 Å². The van der Waals surface area contributed by atoms with Crippen LogP contribution in [-0.4, -0.2) is 28.5 Å². The van der Waals surface area contributed by atoms with Gasteiger partial charge in [0.15, 0.2) is 17.1 Å². The Labute approximate surface area is 142 Å². The number of fused-ring (bicyclic) bond motifs is 1. The molecule has 1 aromatic carbocycles. The Kier molecular flexibility index (Phi) is 4.42. The zero-order valence-corrected chi connectivity index (χ0v) is 14.9. The average molecular weight is 325 g/mol. The minimum Gasteiger partial charge on any atom is -0.493 e. The highest BCUT2D eigenvalue weighted by Gasteiger charge is 2.14. The summed E-state index contributed by atoms with van der Waals surface area (Å²) >= 11 is 0. The zero-order valence-electron chi connectivity index (χ0n) is 14.9. The van der Waals surface area contributed by atoms with E-state index in [9.17, 15) is 0 Å². The molecule has 0 unspecified atom stereocenters. The third-order valence-corrected chi connectivity index (χ3v) is 4.22. The van der Waals surface area contributed by atoms with Crippen LogP contribution >= 0.6 is 0 Å². The molecule has 0 saturated heterocycles. The van der Waals surface area contributed by atoms with Gasteiger partial charge in [0.05, 0.1) is 19.4 Å². The number of nitrogens with zero attached hydrogens (tertiary/aromatic N) is 3. The third-order valence-electron chi connectivity index (χ3n) is 4.22. The van der Waals surface area contributed by atoms with E-state index in [-0.39, 0.29) is 0 Å². The normalized spacial score (nSPS) is 11.0. The lowest BCUT2D eigenvalue weighted by Gasteiger charge is -2.11. The van der Waals surface area contributed by atoms with E-state index < -0.39 is 0 Å². The highest BCUT2D eigenvalue weighted by Crippen LogP contribution is 2.33. The molecule has 3 rings (SSSR count). The van der Waals surface area contributed by atoms with Crippen LogP contribution in [0.25, 0.3) is 22.3 Å². The predicted octanol–water partition coefficient (Wildman–Crippen LogP) is 4.14. The van der Waals surface area contributed by atoms with Gasteiger partial charge in [-0.25, -0.2) is 4.98 Å². The van der Waals surface area contributed by atoms with E-state index in [2.05, 4.69) is 31.9 Å². The van der Waals surface area contributed by atoms with Crippen LogP contribution in [0.2, 0.25) is 0 Å². The maximum absolute atomic E-state index is 5.59. The molecule has 0 bridgehead atoms. The monoisotopic (exact) mass is 325 g/mol. The first kappa shape index (κ1) is 16.3. The molecule has 2 aromatic heterocycles. The molecule has 0 fully saturated rings. The molecule has 0 radical (unpaired) electrons. The molecule has 2 heterocycles. The van der Waals surface area contributed by atoms with Crippen molar-refractivity contribution in [2.75, 3.05) is 13.7 Å². The Morgan fingerprint density at radius 3 is 2.54 bits per heavy atom. The molecule has 0 amide bonds. The molecule has 5 nitrogen and oxygen atoms in total. The number of rotatable bonds is 5. The summed E-state index contributed by atoms with van der Waals surface area (Å²) in [7, 11) is 1.65. The van der Waals surface area contributed by atoms with Crippen molar-refractivity contribution in [1.82, 2.24) is 14.8 Å². The van der Waals surface area contributed by atoms with Gasteiger partial charge in [-0.05, 0) is 57.5 Å². The molecule has 5 heteroatoms. The van der Waals surface area contributed by atoms with E-state index in [4.69, 9.17) is 14.5 Å². The van der Waals surface area contributed by atoms with Crippen LogP contribution in [0.4, 0.5) is 0 Å². The second-order valence-corrected chi connectivity index (χ2v) is 5.72. The zero-order chi connectivity index (χ0) is 17.3. The molecule has 0 saturated carbocycles. The fourth-order valence-corrected chi connectivity index (χ4v) is 3.05. The minimum atomic E-state index is 0.604. The Morgan fingerprint density at radius 1 is 1.08 bits per heavy atom. The number of benzene rings is 1. The van der Waals surface area contributed by atoms with Gasteiger partial charge in [0.2, 0.25) is 0 Å². The summed E-state index contributed by atoms with van der Waals surface area (Å²) in [4.78, 5) is 4.76. The van der Waals surface area contributed by atoms with E-state index in [1.807, 2.05) is 29.8 Å². The second-order valence-electron chi connectivity index (χ2n) is 5.72. The summed E-state index contributed by atoms with van der Waals surface area (Å²) in [5.41, 5.74) is 5.01. The summed E-state index contributed by atoms with van der Waals surface area (Å²) in [5, 5.41) is 5.75. The van der Waals surface area contributed by atoms with Crippen molar-refractivity contribution in [2.24, 2.45) is 0 Å². The van der Waals surface area contributed by atoms with Crippen molar-refractivity contribution in [3.05, 3.63) is 35.5 Å². The van der Waals surface area contributed by atoms with Gasteiger partial charge < -0.3 is 9.47 Å². The average Bonchev–Trinajstić information content (AvgIpc) is 2.91. The molecule has 0 spiro atoms. The topological polar surface area (TPSA) is 49.2 Å². The highest BCUT2D eigenvalue weighted by molar-refractivity contribution is 5.84. The SMILES string of the molecule is CCOc1ccc(-c2cc(C)c3c(C)n(CC)nc3n2)cc1OC. The molecular formula is C19H23N3O2. The first-order valence-corrected chi connectivity index (χ1v) is 8.25. The summed E-state index contributed by atoms with van der Waals surface area (Å²) in [6.07, 6.45) is 0. The molecule has 0 aliphatic carbocycles. The van der Waals surface area contributed by atoms with Crippen molar-refractivity contribution < 1.29 is 9.47 Å². The van der Waals surface area contributed by atoms with Gasteiger partial charge in [-0.1, -0.05) is 0 Å². The van der Waals surface area contributed by atoms with Crippen LogP contribution in [0.15, 0.2) is 24.3 Å². The Morgan fingerprint density at radius 2 is 1.88 bits per heavy atom. The molecule has 0 aliphatic rings. The second kappa shape index (κ2) is 6.51. The summed E-state index contributed by atoms with van der Waals surface area (Å²) in [6.45, 7) is 9.69. The van der Waals surface area contributed by atoms with E-state index >= 15 is 0 Å². The number of ether oxygens (including phenoxy) is 2. The lowest BCUT2D eigenvalue weighted by atomic mass is 10.1. The summed E-state index contributed by atoms with van der Waals surface area (Å²) in [5.74, 6) is 1.46. The van der Waals surface area contributed by atoms with E-state index in [1.54, 1.807) is 7.11 Å². The highest BCUT2D eigenvalue weighted by atomic mass is 16.5. The van der Waals surface area contributed by atoms with Gasteiger partial charge in [0.1, 0.15) is 0 Å². The first-order chi connectivity index (χ1) is 11.6. The molecule has 24 heavy (non-hydrogen) atoms. The van der Waals surface area contributed by atoms with Crippen LogP contribution in [0, 0.1) is 13.8 Å². The van der Waals surface area contributed by atoms with Crippen LogP contribution in [0.3, 0.4) is 0 Å². The predicted molar refractivity (Wildman–Crippen MR) is 95.8 cm³/mol. The maximum Gasteiger partial charge on any atom is 0.182 e. The quantitative estimate of drug-likeness (QED) is 0.707. The largest absolute Gasteiger partial charge is 0.493 e. The van der Waals surface area contributed by atoms with Crippen LogP contribution < -0.4 is 9.47 Å². The van der Waals surface area contributed by atoms with Gasteiger partial charge in [-0.2, -0.15) is 5.10 Å². The van der Waals surface area contributed by atoms with Crippen LogP contribution in [0.5, 0.6) is 11.5 Å². The number of methoxy groups -OCH3 is 1. The summed E-state index contributed by atoms with van der Waals surface area (Å²) < 4.78 is 13.0. The molecule has 0 N–H and O–H groups in total. The van der Waals surface area contributed by atoms with Crippen LogP contribution in [-0.2, 0) is 6.54 Å².